The van der Waals surface area contributed by atoms with Crippen molar-refractivity contribution in [2.24, 2.45) is 16.5 Å². The second kappa shape index (κ2) is 8.61. The molecule has 1 heterocycles. The van der Waals surface area contributed by atoms with E-state index in [1.165, 1.54) is 25.4 Å². The van der Waals surface area contributed by atoms with E-state index in [2.05, 4.69) is 20.0 Å². The number of nitrogens with two attached hydrogens (primary N) is 2. The van der Waals surface area contributed by atoms with Crippen LogP contribution in [0.3, 0.4) is 0 Å². The molecule has 0 spiro atoms. The standard InChI is InChI=1S/C23H21FN6O2/c1-27-21(20-17(24)7-8-19(22(20)28-2)32-13-4-5-13)16(10-25)12-3-6-14-15(9-12)18(11-26)29-30-23(14)31/h3,6-10,13H,4-5,11,25-26H2,1H3,(H,30,31)/b16-10-,27-21?. The molecule has 0 amide bonds. The molecule has 1 saturated carbocycles. The van der Waals surface area contributed by atoms with Crippen LogP contribution in [0.1, 0.15) is 29.7 Å². The molecule has 4 rings (SSSR count). The van der Waals surface area contributed by atoms with Gasteiger partial charge in [0.15, 0.2) is 0 Å². The second-order valence-electron chi connectivity index (χ2n) is 7.31. The largest absolute Gasteiger partial charge is 0.501 e. The zero-order valence-corrected chi connectivity index (χ0v) is 17.4. The van der Waals surface area contributed by atoms with Gasteiger partial charge in [0.1, 0.15) is 11.6 Å². The fourth-order valence-corrected chi connectivity index (χ4v) is 3.57. The smallest absolute Gasteiger partial charge is 0.272 e. The summed E-state index contributed by atoms with van der Waals surface area (Å²) in [5, 5.41) is 7.40. The van der Waals surface area contributed by atoms with Gasteiger partial charge in [-0.2, -0.15) is 5.10 Å². The average molecular weight is 432 g/mol. The number of H-pyrrole nitrogens is 1. The third kappa shape index (κ3) is 3.72. The van der Waals surface area contributed by atoms with Gasteiger partial charge in [0, 0.05) is 36.3 Å². The predicted molar refractivity (Wildman–Crippen MR) is 121 cm³/mol. The number of benzene rings is 2. The molecule has 32 heavy (non-hydrogen) atoms. The zero-order valence-electron chi connectivity index (χ0n) is 17.4. The lowest BCUT2D eigenvalue weighted by Crippen LogP contribution is -2.14. The molecule has 2 aromatic carbocycles. The number of fused-ring (bicyclic) bond motifs is 1. The maximum Gasteiger partial charge on any atom is 0.272 e. The average Bonchev–Trinajstić information content (AvgIpc) is 3.63. The van der Waals surface area contributed by atoms with E-state index in [4.69, 9.17) is 22.8 Å². The third-order valence-corrected chi connectivity index (χ3v) is 5.27. The molecule has 1 aromatic heterocycles. The highest BCUT2D eigenvalue weighted by Crippen LogP contribution is 2.39. The van der Waals surface area contributed by atoms with Crippen LogP contribution in [-0.4, -0.2) is 29.1 Å². The Morgan fingerprint density at radius 3 is 2.78 bits per heavy atom. The first-order valence-electron chi connectivity index (χ1n) is 10.00. The number of aliphatic imine (C=N–C) groups is 1. The summed E-state index contributed by atoms with van der Waals surface area (Å²) in [7, 11) is 1.50. The van der Waals surface area contributed by atoms with Crippen LogP contribution in [0.5, 0.6) is 5.75 Å². The molecular formula is C23H21FN6O2. The molecule has 3 aromatic rings. The van der Waals surface area contributed by atoms with Gasteiger partial charge in [-0.25, -0.2) is 14.3 Å². The van der Waals surface area contributed by atoms with Gasteiger partial charge >= 0.3 is 0 Å². The van der Waals surface area contributed by atoms with Crippen molar-refractivity contribution in [3.05, 3.63) is 80.9 Å². The van der Waals surface area contributed by atoms with E-state index >= 15 is 4.39 Å². The van der Waals surface area contributed by atoms with Gasteiger partial charge in [-0.1, -0.05) is 6.07 Å². The Hall–Kier alpha value is -4.03. The molecule has 1 aliphatic carbocycles. The van der Waals surface area contributed by atoms with Crippen molar-refractivity contribution in [2.45, 2.75) is 25.5 Å². The van der Waals surface area contributed by atoms with Gasteiger partial charge in [0.25, 0.3) is 5.56 Å². The maximum atomic E-state index is 15.0. The summed E-state index contributed by atoms with van der Waals surface area (Å²) in [4.78, 5) is 20.0. The first kappa shape index (κ1) is 21.2. The van der Waals surface area contributed by atoms with Crippen LogP contribution in [0.15, 0.2) is 46.3 Å². The van der Waals surface area contributed by atoms with Crippen molar-refractivity contribution in [1.29, 1.82) is 0 Å². The van der Waals surface area contributed by atoms with Gasteiger partial charge in [0.2, 0.25) is 5.69 Å². The molecule has 5 N–H and O–H groups in total. The van der Waals surface area contributed by atoms with Crippen molar-refractivity contribution in [3.63, 3.8) is 0 Å². The lowest BCUT2D eigenvalue weighted by atomic mass is 9.93. The number of ether oxygens (including phenoxy) is 1. The van der Waals surface area contributed by atoms with Crippen LogP contribution in [-0.2, 0) is 6.54 Å². The van der Waals surface area contributed by atoms with Crippen molar-refractivity contribution < 1.29 is 9.13 Å². The van der Waals surface area contributed by atoms with E-state index in [-0.39, 0.29) is 35.2 Å². The number of aromatic amines is 1. The molecule has 0 bridgehead atoms. The van der Waals surface area contributed by atoms with E-state index < -0.39 is 5.82 Å². The molecule has 0 aliphatic heterocycles. The highest BCUT2D eigenvalue weighted by atomic mass is 19.1. The summed E-state index contributed by atoms with van der Waals surface area (Å²) in [6.45, 7) is 7.77. The monoisotopic (exact) mass is 432 g/mol. The van der Waals surface area contributed by atoms with E-state index in [0.29, 0.717) is 33.4 Å². The molecule has 9 heteroatoms. The Labute approximate surface area is 183 Å². The highest BCUT2D eigenvalue weighted by molar-refractivity contribution is 6.34. The summed E-state index contributed by atoms with van der Waals surface area (Å²) in [5.41, 5.74) is 13.1. The number of nitrogens with one attached hydrogen (secondary N) is 1. The first-order valence-corrected chi connectivity index (χ1v) is 10.00. The molecule has 0 radical (unpaired) electrons. The number of hydrogen-bond acceptors (Lipinski definition) is 6. The Morgan fingerprint density at radius 2 is 2.16 bits per heavy atom. The molecule has 1 fully saturated rings. The fourth-order valence-electron chi connectivity index (χ4n) is 3.57. The van der Waals surface area contributed by atoms with Crippen LogP contribution < -0.4 is 21.8 Å². The van der Waals surface area contributed by atoms with Gasteiger partial charge in [0.05, 0.1) is 29.5 Å². The van der Waals surface area contributed by atoms with Crippen molar-refractivity contribution >= 4 is 27.7 Å². The van der Waals surface area contributed by atoms with Crippen LogP contribution in [0.2, 0.25) is 0 Å². The summed E-state index contributed by atoms with van der Waals surface area (Å²) in [6, 6.07) is 7.74. The fraction of sp³-hybridized carbons (Fsp3) is 0.217. The van der Waals surface area contributed by atoms with E-state index in [1.54, 1.807) is 18.2 Å². The lowest BCUT2D eigenvalue weighted by Gasteiger charge is -2.16. The highest BCUT2D eigenvalue weighted by Gasteiger charge is 2.28. The van der Waals surface area contributed by atoms with Crippen LogP contribution in [0.4, 0.5) is 10.1 Å². The number of halogens is 1. The minimum absolute atomic E-state index is 0.0144. The quantitative estimate of drug-likeness (QED) is 0.408. The van der Waals surface area contributed by atoms with Gasteiger partial charge < -0.3 is 16.2 Å². The third-order valence-electron chi connectivity index (χ3n) is 5.27. The predicted octanol–water partition coefficient (Wildman–Crippen LogP) is 3.03. The van der Waals surface area contributed by atoms with Crippen molar-refractivity contribution in [2.75, 3.05) is 7.05 Å². The molecule has 0 unspecified atom stereocenters. The minimum Gasteiger partial charge on any atom is -0.501 e. The number of aromatic nitrogens is 2. The number of allylic oxidation sites excluding steroid dienone is 1. The Kier molecular flexibility index (Phi) is 5.71. The zero-order chi connectivity index (χ0) is 22.8. The SMILES string of the molecule is [C-]#[N+]c1c(OC2CC2)ccc(F)c1C(=NC)/C(=C\N)c1ccc2c(=O)[nH]nc(CN)c2c1. The molecular weight excluding hydrogens is 411 g/mol. The van der Waals surface area contributed by atoms with E-state index in [9.17, 15) is 4.79 Å². The number of nitrogens with zero attached hydrogens (tertiary/aromatic N) is 3. The maximum absolute atomic E-state index is 15.0. The molecule has 0 saturated heterocycles. The van der Waals surface area contributed by atoms with Gasteiger partial charge in [-0.3, -0.25) is 9.79 Å². The Bertz CT molecular complexity index is 1370. The lowest BCUT2D eigenvalue weighted by molar-refractivity contribution is 0.304. The van der Waals surface area contributed by atoms with Crippen molar-refractivity contribution in [1.82, 2.24) is 10.2 Å². The Balaban J connectivity index is 1.88. The summed E-state index contributed by atoms with van der Waals surface area (Å²) >= 11 is 0. The summed E-state index contributed by atoms with van der Waals surface area (Å²) < 4.78 is 20.8. The Morgan fingerprint density at radius 1 is 1.38 bits per heavy atom. The summed E-state index contributed by atoms with van der Waals surface area (Å²) in [6.07, 6.45) is 3.15. The van der Waals surface area contributed by atoms with E-state index in [0.717, 1.165) is 12.8 Å². The second-order valence-corrected chi connectivity index (χ2v) is 7.31. The molecule has 0 atom stereocenters. The van der Waals surface area contributed by atoms with Crippen LogP contribution >= 0.6 is 0 Å². The normalized spacial score (nSPS) is 14.4. The van der Waals surface area contributed by atoms with Gasteiger partial charge in [-0.15, -0.1) is 0 Å². The molecule has 1 aliphatic rings. The topological polar surface area (TPSA) is 124 Å². The summed E-state index contributed by atoms with van der Waals surface area (Å²) in [5.74, 6) is -0.295. The number of hydrogen-bond donors (Lipinski definition) is 3. The van der Waals surface area contributed by atoms with Crippen LogP contribution in [0, 0.1) is 12.4 Å². The van der Waals surface area contributed by atoms with E-state index in [1.807, 2.05) is 0 Å². The molecule has 162 valence electrons. The van der Waals surface area contributed by atoms with Gasteiger partial charge in [-0.05, 0) is 42.7 Å². The van der Waals surface area contributed by atoms with Crippen molar-refractivity contribution in [3.8, 4) is 5.75 Å². The first-order chi connectivity index (χ1) is 15.5. The number of rotatable bonds is 6. The minimum atomic E-state index is -0.611. The van der Waals surface area contributed by atoms with Crippen LogP contribution in [0.25, 0.3) is 21.2 Å². The molecule has 8 nitrogen and oxygen atoms in total.